The largest absolute Gasteiger partial charge is 0.346 e. The quantitative estimate of drug-likeness (QED) is 0.219. The third kappa shape index (κ3) is 3.40. The van der Waals surface area contributed by atoms with Gasteiger partial charge in [-0.1, -0.05) is 134 Å². The Labute approximate surface area is 226 Å². The van der Waals surface area contributed by atoms with Gasteiger partial charge in [0.25, 0.3) is 0 Å². The van der Waals surface area contributed by atoms with Crippen LogP contribution in [0.1, 0.15) is 41.2 Å². The van der Waals surface area contributed by atoms with Gasteiger partial charge >= 0.3 is 0 Å². The van der Waals surface area contributed by atoms with Crippen LogP contribution in [-0.2, 0) is 11.1 Å². The van der Waals surface area contributed by atoms with Crippen molar-refractivity contribution in [3.05, 3.63) is 167 Å². The first-order valence-electron chi connectivity index (χ1n) is 13.5. The van der Waals surface area contributed by atoms with E-state index in [-0.39, 0.29) is 5.66 Å². The Bertz CT molecular complexity index is 1420. The van der Waals surface area contributed by atoms with Crippen molar-refractivity contribution in [2.75, 3.05) is 23.9 Å². The zero-order chi connectivity index (χ0) is 26.2. The van der Waals surface area contributed by atoms with Crippen LogP contribution < -0.4 is 9.80 Å². The molecule has 6 rings (SSSR count). The maximum atomic E-state index is 2.48. The van der Waals surface area contributed by atoms with Gasteiger partial charge < -0.3 is 9.80 Å². The minimum atomic E-state index is -0.456. The summed E-state index contributed by atoms with van der Waals surface area (Å²) in [6.45, 7) is 2.29. The summed E-state index contributed by atoms with van der Waals surface area (Å²) in [7, 11) is 4.48. The molecule has 38 heavy (non-hydrogen) atoms. The van der Waals surface area contributed by atoms with Crippen LogP contribution in [0, 0.1) is 0 Å². The lowest BCUT2D eigenvalue weighted by molar-refractivity contribution is 0.418. The van der Waals surface area contributed by atoms with Crippen LogP contribution in [0.5, 0.6) is 0 Å². The first-order chi connectivity index (χ1) is 18.6. The van der Waals surface area contributed by atoms with Crippen molar-refractivity contribution in [3.8, 4) is 0 Å². The van der Waals surface area contributed by atoms with Crippen LogP contribution in [0.2, 0.25) is 0 Å². The fourth-order valence-corrected chi connectivity index (χ4v) is 6.77. The van der Waals surface area contributed by atoms with Crippen molar-refractivity contribution in [1.82, 2.24) is 0 Å². The van der Waals surface area contributed by atoms with Crippen molar-refractivity contribution in [3.63, 3.8) is 0 Å². The van der Waals surface area contributed by atoms with E-state index >= 15 is 0 Å². The van der Waals surface area contributed by atoms with Gasteiger partial charge in [-0.05, 0) is 46.4 Å². The topological polar surface area (TPSA) is 6.48 Å². The fourth-order valence-electron chi connectivity index (χ4n) is 6.77. The lowest BCUT2D eigenvalue weighted by atomic mass is 9.65. The van der Waals surface area contributed by atoms with Crippen molar-refractivity contribution < 1.29 is 0 Å². The lowest BCUT2D eigenvalue weighted by Crippen LogP contribution is -2.51. The van der Waals surface area contributed by atoms with Crippen molar-refractivity contribution in [1.29, 1.82) is 0 Å². The molecule has 0 amide bonds. The molecule has 1 unspecified atom stereocenters. The zero-order valence-electron chi connectivity index (χ0n) is 22.4. The summed E-state index contributed by atoms with van der Waals surface area (Å²) in [5, 5.41) is 0. The van der Waals surface area contributed by atoms with E-state index in [1.54, 1.807) is 0 Å². The average molecular weight is 495 g/mol. The van der Waals surface area contributed by atoms with Crippen LogP contribution >= 0.6 is 0 Å². The molecule has 0 saturated carbocycles. The van der Waals surface area contributed by atoms with Gasteiger partial charge in [-0.2, -0.15) is 0 Å². The van der Waals surface area contributed by atoms with Crippen molar-refractivity contribution >= 4 is 11.4 Å². The summed E-state index contributed by atoms with van der Waals surface area (Å²) in [6.07, 6.45) is 0.967. The lowest BCUT2D eigenvalue weighted by Gasteiger charge is -2.43. The van der Waals surface area contributed by atoms with Gasteiger partial charge in [0, 0.05) is 14.1 Å². The molecular weight excluding hydrogens is 460 g/mol. The first kappa shape index (κ1) is 24.1. The molecule has 1 aliphatic rings. The highest BCUT2D eigenvalue weighted by molar-refractivity contribution is 5.81. The number of hydrogen-bond acceptors (Lipinski definition) is 2. The minimum Gasteiger partial charge on any atom is -0.346 e. The highest BCUT2D eigenvalue weighted by Gasteiger charge is 2.47. The van der Waals surface area contributed by atoms with Crippen LogP contribution in [0.15, 0.2) is 140 Å². The van der Waals surface area contributed by atoms with E-state index in [9.17, 15) is 0 Å². The molecular formula is C36H34N2. The summed E-state index contributed by atoms with van der Waals surface area (Å²) < 4.78 is 0. The predicted molar refractivity (Wildman–Crippen MR) is 160 cm³/mol. The van der Waals surface area contributed by atoms with E-state index in [0.717, 1.165) is 6.42 Å². The molecule has 0 aromatic heterocycles. The summed E-state index contributed by atoms with van der Waals surface area (Å²) >= 11 is 0. The van der Waals surface area contributed by atoms with Gasteiger partial charge in [-0.15, -0.1) is 0 Å². The summed E-state index contributed by atoms with van der Waals surface area (Å²) in [6, 6.07) is 50.8. The summed E-state index contributed by atoms with van der Waals surface area (Å²) in [5.74, 6) is 0. The Morgan fingerprint density at radius 1 is 0.500 bits per heavy atom. The standard InChI is InChI=1S/C36H34N2/c1-4-35(28-17-9-5-10-18-28)37(2)33-26-25-32(27-34(33)38(35)3)36(29-19-11-6-12-20-29,30-21-13-7-14-22-30)31-23-15-8-16-24-31/h5-27H,4H2,1-3H3. The highest BCUT2D eigenvalue weighted by atomic mass is 15.4. The molecule has 188 valence electrons. The second-order valence-corrected chi connectivity index (χ2v) is 10.2. The molecule has 0 spiro atoms. The number of anilines is 2. The molecule has 5 aromatic carbocycles. The molecule has 5 aromatic rings. The molecule has 2 nitrogen and oxygen atoms in total. The van der Waals surface area contributed by atoms with E-state index in [4.69, 9.17) is 0 Å². The predicted octanol–water partition coefficient (Wildman–Crippen LogP) is 8.22. The van der Waals surface area contributed by atoms with Gasteiger partial charge in [-0.3, -0.25) is 0 Å². The Morgan fingerprint density at radius 3 is 1.37 bits per heavy atom. The van der Waals surface area contributed by atoms with E-state index in [1.165, 1.54) is 39.2 Å². The summed E-state index contributed by atoms with van der Waals surface area (Å²) in [4.78, 5) is 4.93. The van der Waals surface area contributed by atoms with Crippen LogP contribution in [-0.4, -0.2) is 14.1 Å². The third-order valence-electron chi connectivity index (χ3n) is 8.59. The Morgan fingerprint density at radius 2 is 0.921 bits per heavy atom. The Hall–Kier alpha value is -4.30. The minimum absolute atomic E-state index is 0.239. The second kappa shape index (κ2) is 9.54. The molecule has 1 aliphatic heterocycles. The van der Waals surface area contributed by atoms with Gasteiger partial charge in [0.15, 0.2) is 0 Å². The van der Waals surface area contributed by atoms with Gasteiger partial charge in [0.2, 0.25) is 0 Å². The number of benzene rings is 5. The second-order valence-electron chi connectivity index (χ2n) is 10.2. The van der Waals surface area contributed by atoms with Crippen LogP contribution in [0.25, 0.3) is 0 Å². The Balaban J connectivity index is 1.63. The first-order valence-corrected chi connectivity index (χ1v) is 13.5. The number of nitrogens with zero attached hydrogens (tertiary/aromatic N) is 2. The Kier molecular flexibility index (Phi) is 6.04. The van der Waals surface area contributed by atoms with E-state index in [2.05, 4.69) is 170 Å². The number of rotatable bonds is 6. The molecule has 2 heteroatoms. The monoisotopic (exact) mass is 494 g/mol. The zero-order valence-corrected chi connectivity index (χ0v) is 22.4. The van der Waals surface area contributed by atoms with Gasteiger partial charge in [-0.25, -0.2) is 0 Å². The normalized spacial score (nSPS) is 16.9. The van der Waals surface area contributed by atoms with E-state index in [0.29, 0.717) is 0 Å². The highest BCUT2D eigenvalue weighted by Crippen LogP contribution is 2.53. The van der Waals surface area contributed by atoms with Crippen molar-refractivity contribution in [2.45, 2.75) is 24.4 Å². The molecule has 1 heterocycles. The maximum absolute atomic E-state index is 2.48. The van der Waals surface area contributed by atoms with Crippen molar-refractivity contribution in [2.24, 2.45) is 0 Å². The fraction of sp³-hybridized carbons (Fsp3) is 0.167. The molecule has 0 saturated heterocycles. The average Bonchev–Trinajstić information content (AvgIpc) is 3.21. The summed E-state index contributed by atoms with van der Waals surface area (Å²) in [5.41, 5.74) is 8.17. The van der Waals surface area contributed by atoms with Crippen LogP contribution in [0.3, 0.4) is 0 Å². The van der Waals surface area contributed by atoms with E-state index in [1.807, 2.05) is 0 Å². The SMILES string of the molecule is CCC1(c2ccccc2)N(C)c2ccc(C(c3ccccc3)(c3ccccc3)c3ccccc3)cc2N1C. The molecule has 0 fully saturated rings. The number of fused-ring (bicyclic) bond motifs is 1. The smallest absolute Gasteiger partial charge is 0.139 e. The third-order valence-corrected chi connectivity index (χ3v) is 8.59. The van der Waals surface area contributed by atoms with E-state index < -0.39 is 5.41 Å². The van der Waals surface area contributed by atoms with Crippen LogP contribution in [0.4, 0.5) is 11.4 Å². The maximum Gasteiger partial charge on any atom is 0.139 e. The number of hydrogen-bond donors (Lipinski definition) is 0. The molecule has 0 radical (unpaired) electrons. The molecule has 0 bridgehead atoms. The molecule has 0 N–H and O–H groups in total. The molecule has 0 aliphatic carbocycles. The molecule has 1 atom stereocenters. The van der Waals surface area contributed by atoms with Gasteiger partial charge in [0.1, 0.15) is 5.66 Å². The van der Waals surface area contributed by atoms with Gasteiger partial charge in [0.05, 0.1) is 16.8 Å².